The number of piperidine rings is 1. The number of benzene rings is 1. The molecule has 1 aromatic carbocycles. The fraction of sp³-hybridized carbons (Fsp3) is 0.478. The van der Waals surface area contributed by atoms with Gasteiger partial charge in [-0.25, -0.2) is 4.98 Å². The highest BCUT2D eigenvalue weighted by Crippen LogP contribution is 2.54. The number of amides is 1. The SMILES string of the molecule is CSc1ccc(C(=O)Nc2cccc(C(C)(C)O)n2)c(N2CCC3(CC2)CC3)c1. The predicted octanol–water partition coefficient (Wildman–Crippen LogP) is 4.66. The maximum atomic E-state index is 13.1. The molecule has 1 amide bonds. The van der Waals surface area contributed by atoms with E-state index in [2.05, 4.69) is 27.5 Å². The number of nitrogens with one attached hydrogen (secondary N) is 1. The lowest BCUT2D eigenvalue weighted by Gasteiger charge is -2.35. The van der Waals surface area contributed by atoms with Crippen molar-refractivity contribution >= 4 is 29.2 Å². The summed E-state index contributed by atoms with van der Waals surface area (Å²) in [6.45, 7) is 5.38. The number of rotatable bonds is 5. The van der Waals surface area contributed by atoms with E-state index in [0.717, 1.165) is 23.7 Å². The smallest absolute Gasteiger partial charge is 0.258 e. The average molecular weight is 412 g/mol. The molecule has 2 aliphatic rings. The molecule has 0 radical (unpaired) electrons. The topological polar surface area (TPSA) is 65.5 Å². The van der Waals surface area contributed by atoms with Crippen LogP contribution in [0, 0.1) is 5.41 Å². The Labute approximate surface area is 176 Å². The van der Waals surface area contributed by atoms with Crippen LogP contribution in [0.4, 0.5) is 11.5 Å². The molecule has 4 rings (SSSR count). The van der Waals surface area contributed by atoms with E-state index in [1.807, 2.05) is 12.1 Å². The van der Waals surface area contributed by atoms with Crippen LogP contribution >= 0.6 is 11.8 Å². The van der Waals surface area contributed by atoms with Crippen LogP contribution in [0.25, 0.3) is 0 Å². The van der Waals surface area contributed by atoms with Crippen molar-refractivity contribution in [3.63, 3.8) is 0 Å². The van der Waals surface area contributed by atoms with Gasteiger partial charge in [0.1, 0.15) is 11.4 Å². The number of carbonyl (C=O) groups is 1. The van der Waals surface area contributed by atoms with E-state index >= 15 is 0 Å². The highest BCUT2D eigenvalue weighted by atomic mass is 32.2. The Morgan fingerprint density at radius 2 is 1.90 bits per heavy atom. The van der Waals surface area contributed by atoms with E-state index < -0.39 is 5.60 Å². The van der Waals surface area contributed by atoms with E-state index in [0.29, 0.717) is 22.5 Å². The molecule has 0 atom stereocenters. The lowest BCUT2D eigenvalue weighted by molar-refractivity contribution is 0.0739. The van der Waals surface area contributed by atoms with Gasteiger partial charge in [-0.3, -0.25) is 4.79 Å². The number of aliphatic hydroxyl groups is 1. The summed E-state index contributed by atoms with van der Waals surface area (Å²) in [7, 11) is 0. The highest BCUT2D eigenvalue weighted by molar-refractivity contribution is 7.98. The van der Waals surface area contributed by atoms with Crippen molar-refractivity contribution in [2.24, 2.45) is 5.41 Å². The normalized spacial score (nSPS) is 18.0. The number of thioether (sulfide) groups is 1. The molecule has 5 nitrogen and oxygen atoms in total. The number of nitrogens with zero attached hydrogens (tertiary/aromatic N) is 2. The third kappa shape index (κ3) is 4.43. The number of aromatic nitrogens is 1. The Balaban J connectivity index is 1.58. The molecule has 2 heterocycles. The molecule has 1 saturated carbocycles. The van der Waals surface area contributed by atoms with Crippen LogP contribution in [-0.4, -0.2) is 35.3 Å². The van der Waals surface area contributed by atoms with Crippen molar-refractivity contribution in [2.45, 2.75) is 50.0 Å². The molecular weight excluding hydrogens is 382 g/mol. The molecule has 1 aliphatic heterocycles. The Morgan fingerprint density at radius 1 is 1.17 bits per heavy atom. The molecule has 2 aromatic rings. The van der Waals surface area contributed by atoms with Crippen LogP contribution in [0.15, 0.2) is 41.3 Å². The molecule has 2 N–H and O–H groups in total. The summed E-state index contributed by atoms with van der Waals surface area (Å²) in [5.41, 5.74) is 1.74. The van der Waals surface area contributed by atoms with Gasteiger partial charge in [0.05, 0.1) is 16.9 Å². The van der Waals surface area contributed by atoms with Gasteiger partial charge in [-0.05, 0) is 81.5 Å². The molecule has 1 saturated heterocycles. The first-order chi connectivity index (χ1) is 13.8. The Morgan fingerprint density at radius 3 is 2.52 bits per heavy atom. The van der Waals surface area contributed by atoms with Crippen molar-refractivity contribution in [1.29, 1.82) is 0 Å². The monoisotopic (exact) mass is 411 g/mol. The van der Waals surface area contributed by atoms with Gasteiger partial charge in [0.15, 0.2) is 0 Å². The third-order valence-electron chi connectivity index (χ3n) is 6.19. The molecule has 0 unspecified atom stereocenters. The van der Waals surface area contributed by atoms with Gasteiger partial charge in [0.2, 0.25) is 0 Å². The number of hydrogen-bond acceptors (Lipinski definition) is 5. The summed E-state index contributed by atoms with van der Waals surface area (Å²) in [4.78, 5) is 21.1. The summed E-state index contributed by atoms with van der Waals surface area (Å²) < 4.78 is 0. The standard InChI is InChI=1S/C23H29N3O2S/c1-22(2,28)19-5-4-6-20(24-19)25-21(27)17-8-7-16(29-3)15-18(17)26-13-11-23(9-10-23)12-14-26/h4-8,15,28H,9-14H2,1-3H3,(H,24,25,27). The molecule has 1 spiro atoms. The Hall–Kier alpha value is -2.05. The van der Waals surface area contributed by atoms with E-state index in [1.54, 1.807) is 43.8 Å². The summed E-state index contributed by atoms with van der Waals surface area (Å²) in [6.07, 6.45) is 7.21. The maximum absolute atomic E-state index is 13.1. The minimum absolute atomic E-state index is 0.167. The van der Waals surface area contributed by atoms with Crippen LogP contribution in [0.3, 0.4) is 0 Å². The third-order valence-corrected chi connectivity index (χ3v) is 6.91. The van der Waals surface area contributed by atoms with Crippen molar-refractivity contribution in [2.75, 3.05) is 29.6 Å². The number of anilines is 2. The second-order valence-corrected chi connectivity index (χ2v) is 9.67. The Kier molecular flexibility index (Phi) is 5.34. The molecule has 6 heteroatoms. The zero-order valence-electron chi connectivity index (χ0n) is 17.4. The predicted molar refractivity (Wildman–Crippen MR) is 119 cm³/mol. The van der Waals surface area contributed by atoms with E-state index in [-0.39, 0.29) is 5.91 Å². The molecule has 0 bridgehead atoms. The number of pyridine rings is 1. The fourth-order valence-corrected chi connectivity index (χ4v) is 4.45. The molecule has 154 valence electrons. The summed E-state index contributed by atoms with van der Waals surface area (Å²) >= 11 is 1.69. The minimum Gasteiger partial charge on any atom is -0.384 e. The minimum atomic E-state index is -1.06. The highest BCUT2D eigenvalue weighted by Gasteiger charge is 2.44. The van der Waals surface area contributed by atoms with Gasteiger partial charge >= 0.3 is 0 Å². The van der Waals surface area contributed by atoms with Gasteiger partial charge in [-0.1, -0.05) is 6.07 Å². The largest absolute Gasteiger partial charge is 0.384 e. The Bertz CT molecular complexity index is 909. The van der Waals surface area contributed by atoms with Gasteiger partial charge < -0.3 is 15.3 Å². The van der Waals surface area contributed by atoms with Crippen molar-refractivity contribution in [3.8, 4) is 0 Å². The van der Waals surface area contributed by atoms with Crippen LogP contribution < -0.4 is 10.2 Å². The number of carbonyl (C=O) groups excluding carboxylic acids is 1. The van der Waals surface area contributed by atoms with Gasteiger partial charge in [-0.2, -0.15) is 0 Å². The average Bonchev–Trinajstić information content (AvgIpc) is 3.46. The van der Waals surface area contributed by atoms with Crippen molar-refractivity contribution < 1.29 is 9.90 Å². The van der Waals surface area contributed by atoms with E-state index in [9.17, 15) is 9.90 Å². The molecule has 29 heavy (non-hydrogen) atoms. The zero-order valence-corrected chi connectivity index (χ0v) is 18.2. The second kappa shape index (κ2) is 7.65. The molecule has 2 fully saturated rings. The van der Waals surface area contributed by atoms with Gasteiger partial charge in [0.25, 0.3) is 5.91 Å². The number of hydrogen-bond donors (Lipinski definition) is 2. The van der Waals surface area contributed by atoms with Crippen LogP contribution in [-0.2, 0) is 5.60 Å². The molecule has 1 aliphatic carbocycles. The van der Waals surface area contributed by atoms with E-state index in [4.69, 9.17) is 0 Å². The zero-order chi connectivity index (χ0) is 20.6. The quantitative estimate of drug-likeness (QED) is 0.701. The summed E-state index contributed by atoms with van der Waals surface area (Å²) in [5, 5.41) is 13.1. The summed E-state index contributed by atoms with van der Waals surface area (Å²) in [5.74, 6) is 0.282. The summed E-state index contributed by atoms with van der Waals surface area (Å²) in [6, 6.07) is 11.4. The second-order valence-electron chi connectivity index (χ2n) is 8.79. The van der Waals surface area contributed by atoms with Crippen LogP contribution in [0.5, 0.6) is 0 Å². The first-order valence-electron chi connectivity index (χ1n) is 10.2. The van der Waals surface area contributed by atoms with Crippen LogP contribution in [0.1, 0.15) is 55.6 Å². The molecular formula is C23H29N3O2S. The lowest BCUT2D eigenvalue weighted by atomic mass is 9.93. The van der Waals surface area contributed by atoms with Gasteiger partial charge in [0, 0.05) is 18.0 Å². The first-order valence-corrected chi connectivity index (χ1v) is 11.5. The maximum Gasteiger partial charge on any atom is 0.258 e. The lowest BCUT2D eigenvalue weighted by Crippen LogP contribution is -2.35. The van der Waals surface area contributed by atoms with Crippen molar-refractivity contribution in [3.05, 3.63) is 47.7 Å². The van der Waals surface area contributed by atoms with Crippen molar-refractivity contribution in [1.82, 2.24) is 4.98 Å². The van der Waals surface area contributed by atoms with Crippen LogP contribution in [0.2, 0.25) is 0 Å². The first kappa shape index (κ1) is 20.2. The molecule has 1 aromatic heterocycles. The fourth-order valence-electron chi connectivity index (χ4n) is 4.02. The van der Waals surface area contributed by atoms with Gasteiger partial charge in [-0.15, -0.1) is 11.8 Å². The van der Waals surface area contributed by atoms with E-state index in [1.165, 1.54) is 25.7 Å².